The van der Waals surface area contributed by atoms with Gasteiger partial charge in [-0.25, -0.2) is 5.43 Å². The average molecular weight is 268 g/mol. The highest BCUT2D eigenvalue weighted by Crippen LogP contribution is 2.44. The fourth-order valence-corrected chi connectivity index (χ4v) is 3.17. The first-order valence-electron chi connectivity index (χ1n) is 6.84. The van der Waals surface area contributed by atoms with Crippen molar-refractivity contribution in [1.29, 1.82) is 0 Å². The lowest BCUT2D eigenvalue weighted by molar-refractivity contribution is -0.0648. The molecule has 0 bridgehead atoms. The molecule has 1 atom stereocenters. The van der Waals surface area contributed by atoms with Gasteiger partial charge in [-0.05, 0) is 19.8 Å². The first-order chi connectivity index (χ1) is 9.18. The van der Waals surface area contributed by atoms with Crippen LogP contribution in [0.4, 0.5) is 0 Å². The number of aromatic nitrogens is 2. The zero-order chi connectivity index (χ0) is 13.9. The van der Waals surface area contributed by atoms with Crippen LogP contribution in [-0.2, 0) is 11.8 Å². The summed E-state index contributed by atoms with van der Waals surface area (Å²) in [5.74, 6) is 6.57. The van der Waals surface area contributed by atoms with E-state index < -0.39 is 0 Å². The van der Waals surface area contributed by atoms with Crippen LogP contribution < -0.4 is 16.0 Å². The second kappa shape index (κ2) is 5.90. The maximum Gasteiger partial charge on any atom is 0.161 e. The van der Waals surface area contributed by atoms with Crippen molar-refractivity contribution >= 4 is 0 Å². The molecule has 0 aliphatic heterocycles. The number of hydrogen-bond donors (Lipinski definition) is 2. The Morgan fingerprint density at radius 1 is 1.53 bits per heavy atom. The lowest BCUT2D eigenvalue weighted by Crippen LogP contribution is -2.47. The number of methoxy groups -OCH3 is 1. The summed E-state index contributed by atoms with van der Waals surface area (Å²) in [4.78, 5) is 0. The topological polar surface area (TPSA) is 74.3 Å². The quantitative estimate of drug-likeness (QED) is 0.600. The molecule has 19 heavy (non-hydrogen) atoms. The van der Waals surface area contributed by atoms with E-state index in [0.29, 0.717) is 6.61 Å². The molecule has 1 aromatic rings. The minimum Gasteiger partial charge on any atom is -0.493 e. The Balaban J connectivity index is 2.39. The zero-order valence-electron chi connectivity index (χ0n) is 12.0. The normalized spacial score (nSPS) is 19.6. The molecule has 1 fully saturated rings. The Bertz CT molecular complexity index is 413. The second-order valence-electron chi connectivity index (χ2n) is 5.03. The average Bonchev–Trinajstić information content (AvgIpc) is 3.00. The Hall–Kier alpha value is -1.11. The Morgan fingerprint density at radius 2 is 2.21 bits per heavy atom. The molecular formula is C13H24N4O2. The third-order valence-corrected chi connectivity index (χ3v) is 4.02. The van der Waals surface area contributed by atoms with Crippen molar-refractivity contribution in [3.63, 3.8) is 0 Å². The van der Waals surface area contributed by atoms with E-state index in [0.717, 1.165) is 24.3 Å². The van der Waals surface area contributed by atoms with Crippen molar-refractivity contribution in [3.05, 3.63) is 11.9 Å². The smallest absolute Gasteiger partial charge is 0.161 e. The lowest BCUT2D eigenvalue weighted by atomic mass is 9.89. The van der Waals surface area contributed by atoms with Crippen LogP contribution in [0.2, 0.25) is 0 Å². The highest BCUT2D eigenvalue weighted by Gasteiger charge is 2.45. The molecule has 0 saturated heterocycles. The standard InChI is InChI=1S/C13H24N4O2/c1-4-19-13(7-5-6-8-13)12(16-14)11-10(18-3)9-15-17(11)2/h9,12,16H,4-8,14H2,1-3H3. The van der Waals surface area contributed by atoms with Crippen LogP contribution >= 0.6 is 0 Å². The summed E-state index contributed by atoms with van der Waals surface area (Å²) in [6.07, 6.45) is 6.05. The van der Waals surface area contributed by atoms with E-state index in [1.807, 2.05) is 18.7 Å². The van der Waals surface area contributed by atoms with Crippen molar-refractivity contribution in [3.8, 4) is 5.75 Å². The molecule has 108 valence electrons. The van der Waals surface area contributed by atoms with E-state index in [1.165, 1.54) is 12.8 Å². The molecule has 1 aliphatic carbocycles. The van der Waals surface area contributed by atoms with Crippen LogP contribution in [0.1, 0.15) is 44.3 Å². The number of nitrogens with zero attached hydrogens (tertiary/aromatic N) is 2. The van der Waals surface area contributed by atoms with Gasteiger partial charge in [0.05, 0.1) is 24.9 Å². The Morgan fingerprint density at radius 3 is 2.74 bits per heavy atom. The van der Waals surface area contributed by atoms with Crippen molar-refractivity contribution in [1.82, 2.24) is 15.2 Å². The minimum absolute atomic E-state index is 0.114. The first-order valence-corrected chi connectivity index (χ1v) is 6.84. The molecular weight excluding hydrogens is 244 g/mol. The molecule has 1 unspecified atom stereocenters. The summed E-state index contributed by atoms with van der Waals surface area (Å²) >= 11 is 0. The van der Waals surface area contributed by atoms with Crippen molar-refractivity contribution in [2.45, 2.75) is 44.2 Å². The molecule has 6 nitrogen and oxygen atoms in total. The molecule has 0 radical (unpaired) electrons. The van der Waals surface area contributed by atoms with E-state index in [9.17, 15) is 0 Å². The lowest BCUT2D eigenvalue weighted by Gasteiger charge is -2.37. The number of nitrogens with two attached hydrogens (primary N) is 1. The van der Waals surface area contributed by atoms with Crippen molar-refractivity contribution in [2.75, 3.05) is 13.7 Å². The minimum atomic E-state index is -0.259. The first kappa shape index (κ1) is 14.3. The van der Waals surface area contributed by atoms with Gasteiger partial charge in [0.15, 0.2) is 5.75 Å². The maximum atomic E-state index is 6.08. The van der Waals surface area contributed by atoms with E-state index in [-0.39, 0.29) is 11.6 Å². The molecule has 2 rings (SSSR count). The van der Waals surface area contributed by atoms with Gasteiger partial charge in [0.1, 0.15) is 5.69 Å². The monoisotopic (exact) mass is 268 g/mol. The summed E-state index contributed by atoms with van der Waals surface area (Å²) in [5.41, 5.74) is 3.61. The van der Waals surface area contributed by atoms with Gasteiger partial charge in [0, 0.05) is 13.7 Å². The third-order valence-electron chi connectivity index (χ3n) is 4.02. The Kier molecular flexibility index (Phi) is 4.44. The van der Waals surface area contributed by atoms with Gasteiger partial charge in [-0.1, -0.05) is 12.8 Å². The zero-order valence-corrected chi connectivity index (χ0v) is 12.0. The van der Waals surface area contributed by atoms with Gasteiger partial charge < -0.3 is 9.47 Å². The summed E-state index contributed by atoms with van der Waals surface area (Å²) < 4.78 is 13.3. The van der Waals surface area contributed by atoms with E-state index in [4.69, 9.17) is 15.3 Å². The van der Waals surface area contributed by atoms with Gasteiger partial charge >= 0.3 is 0 Å². The molecule has 1 heterocycles. The maximum absolute atomic E-state index is 6.08. The summed E-state index contributed by atoms with van der Waals surface area (Å²) in [6, 6.07) is -0.114. The molecule has 0 spiro atoms. The fraction of sp³-hybridized carbons (Fsp3) is 0.769. The number of hydrazine groups is 1. The van der Waals surface area contributed by atoms with Crippen LogP contribution in [-0.4, -0.2) is 29.1 Å². The summed E-state index contributed by atoms with van der Waals surface area (Å²) in [7, 11) is 3.55. The van der Waals surface area contributed by atoms with Crippen LogP contribution in [0.25, 0.3) is 0 Å². The molecule has 1 aliphatic rings. The molecule has 6 heteroatoms. The second-order valence-corrected chi connectivity index (χ2v) is 5.03. The van der Waals surface area contributed by atoms with E-state index in [2.05, 4.69) is 10.5 Å². The summed E-state index contributed by atoms with van der Waals surface area (Å²) in [6.45, 7) is 2.70. The van der Waals surface area contributed by atoms with Gasteiger partial charge in [0.2, 0.25) is 0 Å². The van der Waals surface area contributed by atoms with Gasteiger partial charge in [0.25, 0.3) is 0 Å². The number of rotatable bonds is 6. The highest BCUT2D eigenvalue weighted by molar-refractivity contribution is 5.30. The fourth-order valence-electron chi connectivity index (χ4n) is 3.17. The van der Waals surface area contributed by atoms with E-state index in [1.54, 1.807) is 13.3 Å². The van der Waals surface area contributed by atoms with Gasteiger partial charge in [-0.15, -0.1) is 0 Å². The largest absolute Gasteiger partial charge is 0.493 e. The third kappa shape index (κ3) is 2.48. The van der Waals surface area contributed by atoms with Crippen LogP contribution in [0.3, 0.4) is 0 Å². The summed E-state index contributed by atoms with van der Waals surface area (Å²) in [5, 5.41) is 4.26. The number of ether oxygens (including phenoxy) is 2. The number of hydrogen-bond acceptors (Lipinski definition) is 5. The number of nitrogens with one attached hydrogen (secondary N) is 1. The molecule has 0 amide bonds. The molecule has 1 aromatic heterocycles. The predicted octanol–water partition coefficient (Wildman–Crippen LogP) is 1.28. The van der Waals surface area contributed by atoms with Crippen LogP contribution in [0, 0.1) is 0 Å². The van der Waals surface area contributed by atoms with Crippen LogP contribution in [0.15, 0.2) is 6.20 Å². The molecule has 1 saturated carbocycles. The molecule has 0 aromatic carbocycles. The van der Waals surface area contributed by atoms with Crippen molar-refractivity contribution < 1.29 is 9.47 Å². The predicted molar refractivity (Wildman–Crippen MR) is 72.6 cm³/mol. The highest BCUT2D eigenvalue weighted by atomic mass is 16.5. The van der Waals surface area contributed by atoms with E-state index >= 15 is 0 Å². The number of aryl methyl sites for hydroxylation is 1. The van der Waals surface area contributed by atoms with Crippen molar-refractivity contribution in [2.24, 2.45) is 12.9 Å². The molecule has 3 N–H and O–H groups in total. The van der Waals surface area contributed by atoms with Crippen LogP contribution in [0.5, 0.6) is 5.75 Å². The Labute approximate surface area is 114 Å². The SMILES string of the molecule is CCOC1(C(NN)c2c(OC)cnn2C)CCCC1. The van der Waals surface area contributed by atoms with Gasteiger partial charge in [-0.2, -0.15) is 5.10 Å². The van der Waals surface area contributed by atoms with Gasteiger partial charge in [-0.3, -0.25) is 10.5 Å².